The van der Waals surface area contributed by atoms with Crippen LogP contribution in [0.15, 0.2) is 10.7 Å². The second-order valence-corrected chi connectivity index (χ2v) is 6.43. The molecule has 92 valence electrons. The van der Waals surface area contributed by atoms with Gasteiger partial charge in [0.25, 0.3) is 0 Å². The van der Waals surface area contributed by atoms with Crippen molar-refractivity contribution in [3.8, 4) is 0 Å². The number of hydrogen-bond donors (Lipinski definition) is 1. The van der Waals surface area contributed by atoms with E-state index in [2.05, 4.69) is 37.8 Å². The van der Waals surface area contributed by atoms with Crippen LogP contribution in [0.1, 0.15) is 37.4 Å². The van der Waals surface area contributed by atoms with Gasteiger partial charge in [0.15, 0.2) is 0 Å². The van der Waals surface area contributed by atoms with Gasteiger partial charge < -0.3 is 9.88 Å². The lowest BCUT2D eigenvalue weighted by Gasteiger charge is -2.35. The molecule has 3 nitrogen and oxygen atoms in total. The molecule has 5 heteroatoms. The first-order chi connectivity index (χ1) is 8.15. The third-order valence-corrected chi connectivity index (χ3v) is 5.45. The Balaban J connectivity index is 1.86. The molecule has 0 spiro atoms. The lowest BCUT2D eigenvalue weighted by atomic mass is 9.90. The van der Waals surface area contributed by atoms with Gasteiger partial charge in [0, 0.05) is 24.2 Å². The summed E-state index contributed by atoms with van der Waals surface area (Å²) in [4.78, 5) is 10.3. The zero-order valence-corrected chi connectivity index (χ0v) is 12.2. The summed E-state index contributed by atoms with van der Waals surface area (Å²) >= 11 is 8.65. The Labute approximate surface area is 115 Å². The molecule has 0 aliphatic carbocycles. The van der Waals surface area contributed by atoms with E-state index in [1.807, 2.05) is 6.20 Å². The number of nitrogens with one attached hydrogen (secondary N) is 1. The number of aromatic nitrogens is 2. The van der Waals surface area contributed by atoms with Crippen molar-refractivity contribution < 1.29 is 0 Å². The van der Waals surface area contributed by atoms with Gasteiger partial charge in [-0.3, -0.25) is 0 Å². The number of rotatable bonds is 1. The Morgan fingerprint density at radius 1 is 1.41 bits per heavy atom. The molecule has 3 heterocycles. The summed E-state index contributed by atoms with van der Waals surface area (Å²) in [7, 11) is 2.26. The molecule has 0 saturated carbocycles. The summed E-state index contributed by atoms with van der Waals surface area (Å²) in [6, 6.07) is 1.48. The fourth-order valence-corrected chi connectivity index (χ4v) is 3.59. The van der Waals surface area contributed by atoms with E-state index in [4.69, 9.17) is 12.2 Å². The summed E-state index contributed by atoms with van der Waals surface area (Å²) in [5.74, 6) is 1.63. The highest BCUT2D eigenvalue weighted by atomic mass is 79.9. The third-order valence-electron chi connectivity index (χ3n) is 4.26. The van der Waals surface area contributed by atoms with Crippen LogP contribution in [0.5, 0.6) is 0 Å². The number of halogens is 1. The van der Waals surface area contributed by atoms with Crippen molar-refractivity contribution in [2.75, 3.05) is 7.05 Å². The van der Waals surface area contributed by atoms with E-state index in [1.54, 1.807) is 0 Å². The second kappa shape index (κ2) is 4.44. The Hall–Kier alpha value is -0.260. The van der Waals surface area contributed by atoms with Gasteiger partial charge in [-0.25, -0.2) is 4.98 Å². The Morgan fingerprint density at radius 3 is 2.65 bits per heavy atom. The lowest BCUT2D eigenvalue weighted by molar-refractivity contribution is 0.159. The van der Waals surface area contributed by atoms with Gasteiger partial charge in [0.2, 0.25) is 0 Å². The van der Waals surface area contributed by atoms with Crippen LogP contribution in [0, 0.1) is 4.64 Å². The fourth-order valence-electron chi connectivity index (χ4n) is 3.24. The fraction of sp³-hybridized carbons (Fsp3) is 0.667. The minimum absolute atomic E-state index is 0.554. The maximum atomic E-state index is 5.25. The van der Waals surface area contributed by atoms with Crippen LogP contribution in [0.4, 0.5) is 0 Å². The van der Waals surface area contributed by atoms with Crippen molar-refractivity contribution in [1.82, 2.24) is 14.9 Å². The molecule has 1 aromatic heterocycles. The SMILES string of the molecule is CN1C2CCC1CC(c1ncc(Br)c(=S)[nH]1)C2. The van der Waals surface area contributed by atoms with Crippen LogP contribution in [0.3, 0.4) is 0 Å². The van der Waals surface area contributed by atoms with E-state index in [-0.39, 0.29) is 0 Å². The molecule has 3 rings (SSSR count). The van der Waals surface area contributed by atoms with Gasteiger partial charge in [-0.2, -0.15) is 0 Å². The number of H-pyrrole nitrogens is 1. The maximum absolute atomic E-state index is 5.25. The van der Waals surface area contributed by atoms with Crippen molar-refractivity contribution in [1.29, 1.82) is 0 Å². The first kappa shape index (κ1) is 11.8. The molecule has 0 amide bonds. The number of hydrogen-bond acceptors (Lipinski definition) is 3. The van der Waals surface area contributed by atoms with E-state index in [0.29, 0.717) is 5.92 Å². The summed E-state index contributed by atoms with van der Waals surface area (Å²) in [5.41, 5.74) is 0. The molecule has 17 heavy (non-hydrogen) atoms. The van der Waals surface area contributed by atoms with Crippen LogP contribution in [-0.4, -0.2) is 34.0 Å². The Morgan fingerprint density at radius 2 is 2.06 bits per heavy atom. The molecule has 0 aromatic carbocycles. The van der Waals surface area contributed by atoms with Crippen molar-refractivity contribution in [3.05, 3.63) is 21.1 Å². The highest BCUT2D eigenvalue weighted by molar-refractivity contribution is 9.10. The molecule has 1 aromatic rings. The molecule has 2 unspecified atom stereocenters. The Bertz CT molecular complexity index is 473. The molecule has 2 atom stereocenters. The number of nitrogens with zero attached hydrogens (tertiary/aromatic N) is 2. The van der Waals surface area contributed by atoms with Crippen molar-refractivity contribution >= 4 is 28.1 Å². The maximum Gasteiger partial charge on any atom is 0.120 e. The van der Waals surface area contributed by atoms with E-state index in [0.717, 1.165) is 27.0 Å². The van der Waals surface area contributed by atoms with E-state index in [1.165, 1.54) is 25.7 Å². The van der Waals surface area contributed by atoms with Crippen LogP contribution < -0.4 is 0 Å². The van der Waals surface area contributed by atoms with E-state index >= 15 is 0 Å². The number of piperidine rings is 1. The second-order valence-electron chi connectivity index (χ2n) is 5.16. The third kappa shape index (κ3) is 2.09. The molecule has 2 saturated heterocycles. The first-order valence-electron chi connectivity index (χ1n) is 6.12. The average molecular weight is 314 g/mol. The topological polar surface area (TPSA) is 31.9 Å². The molecular weight excluding hydrogens is 298 g/mol. The minimum atomic E-state index is 0.554. The van der Waals surface area contributed by atoms with Crippen LogP contribution in [0.25, 0.3) is 0 Å². The summed E-state index contributed by atoms with van der Waals surface area (Å²) in [6.45, 7) is 0. The standard InChI is InChI=1S/C12H16BrN3S/c1-16-8-2-3-9(16)5-7(4-8)11-14-6-10(13)12(17)15-11/h6-9H,2-5H2,1H3,(H,14,15,17). The van der Waals surface area contributed by atoms with Gasteiger partial charge in [-0.05, 0) is 48.7 Å². The molecule has 2 aliphatic heterocycles. The van der Waals surface area contributed by atoms with Gasteiger partial charge in [0.1, 0.15) is 10.5 Å². The average Bonchev–Trinajstić information content (AvgIpc) is 2.55. The minimum Gasteiger partial charge on any atom is -0.334 e. The van der Waals surface area contributed by atoms with Crippen LogP contribution in [0.2, 0.25) is 0 Å². The molecule has 2 aliphatic rings. The molecular formula is C12H16BrN3S. The molecule has 0 radical (unpaired) electrons. The highest BCUT2D eigenvalue weighted by Gasteiger charge is 2.39. The Kier molecular flexibility index (Phi) is 3.09. The van der Waals surface area contributed by atoms with Gasteiger partial charge in [-0.15, -0.1) is 0 Å². The summed E-state index contributed by atoms with van der Waals surface area (Å²) in [5, 5.41) is 0. The number of aromatic amines is 1. The smallest absolute Gasteiger partial charge is 0.120 e. The normalized spacial score (nSPS) is 32.9. The van der Waals surface area contributed by atoms with E-state index in [9.17, 15) is 0 Å². The van der Waals surface area contributed by atoms with Crippen molar-refractivity contribution in [2.45, 2.75) is 43.7 Å². The summed E-state index contributed by atoms with van der Waals surface area (Å²) < 4.78 is 1.65. The molecule has 1 N–H and O–H groups in total. The van der Waals surface area contributed by atoms with Crippen molar-refractivity contribution in [2.24, 2.45) is 0 Å². The van der Waals surface area contributed by atoms with Gasteiger partial charge in [-0.1, -0.05) is 12.2 Å². The molecule has 2 fully saturated rings. The predicted molar refractivity (Wildman–Crippen MR) is 73.7 cm³/mol. The van der Waals surface area contributed by atoms with Crippen LogP contribution >= 0.6 is 28.1 Å². The van der Waals surface area contributed by atoms with E-state index < -0.39 is 0 Å². The zero-order chi connectivity index (χ0) is 12.0. The number of fused-ring (bicyclic) bond motifs is 2. The largest absolute Gasteiger partial charge is 0.334 e. The van der Waals surface area contributed by atoms with Crippen molar-refractivity contribution in [3.63, 3.8) is 0 Å². The quantitative estimate of drug-likeness (QED) is 0.808. The monoisotopic (exact) mass is 313 g/mol. The lowest BCUT2D eigenvalue weighted by Crippen LogP contribution is -2.39. The van der Waals surface area contributed by atoms with Crippen LogP contribution in [-0.2, 0) is 0 Å². The summed E-state index contributed by atoms with van der Waals surface area (Å²) in [6.07, 6.45) is 6.94. The zero-order valence-electron chi connectivity index (χ0n) is 9.82. The van der Waals surface area contributed by atoms with Gasteiger partial charge >= 0.3 is 0 Å². The highest BCUT2D eigenvalue weighted by Crippen LogP contribution is 2.41. The first-order valence-corrected chi connectivity index (χ1v) is 7.32. The predicted octanol–water partition coefficient (Wildman–Crippen LogP) is 3.24. The van der Waals surface area contributed by atoms with Gasteiger partial charge in [0.05, 0.1) is 4.47 Å². The molecule has 2 bridgehead atoms.